The number of nitrogens with one attached hydrogen (secondary N) is 1. The van der Waals surface area contributed by atoms with Crippen molar-refractivity contribution in [2.75, 3.05) is 0 Å². The second-order valence-electron chi connectivity index (χ2n) is 4.56. The van der Waals surface area contributed by atoms with Gasteiger partial charge in [-0.15, -0.1) is 0 Å². The number of aryl methyl sites for hydroxylation is 2. The molecule has 0 aliphatic carbocycles. The smallest absolute Gasteiger partial charge is 0.123 e. The summed E-state index contributed by atoms with van der Waals surface area (Å²) in [4.78, 5) is 0. The van der Waals surface area contributed by atoms with E-state index in [2.05, 4.69) is 42.4 Å². The van der Waals surface area contributed by atoms with E-state index in [0.717, 1.165) is 25.9 Å². The molecule has 0 aliphatic rings. The number of benzene rings is 1. The van der Waals surface area contributed by atoms with Crippen molar-refractivity contribution in [1.29, 1.82) is 0 Å². The number of halogens is 3. The zero-order valence-electron chi connectivity index (χ0n) is 11.1. The summed E-state index contributed by atoms with van der Waals surface area (Å²) in [7, 11) is 1.88. The Morgan fingerprint density at radius 3 is 2.70 bits per heavy atom. The number of nitrogens with two attached hydrogens (primary N) is 1. The van der Waals surface area contributed by atoms with E-state index in [4.69, 9.17) is 5.84 Å². The molecule has 20 heavy (non-hydrogen) atoms. The number of rotatable bonds is 4. The second kappa shape index (κ2) is 6.34. The maximum atomic E-state index is 13.4. The predicted octanol–water partition coefficient (Wildman–Crippen LogP) is 3.14. The molecule has 0 radical (unpaired) electrons. The lowest BCUT2D eigenvalue weighted by Gasteiger charge is -2.18. The van der Waals surface area contributed by atoms with Gasteiger partial charge in [-0.3, -0.25) is 16.0 Å². The maximum Gasteiger partial charge on any atom is 0.123 e. The molecule has 3 N–H and O–H groups in total. The van der Waals surface area contributed by atoms with Crippen LogP contribution in [-0.4, -0.2) is 9.78 Å². The molecule has 108 valence electrons. The van der Waals surface area contributed by atoms with E-state index in [0.29, 0.717) is 6.42 Å². The lowest BCUT2D eigenvalue weighted by molar-refractivity contribution is 0.522. The summed E-state index contributed by atoms with van der Waals surface area (Å²) in [5.74, 6) is 5.35. The fourth-order valence-corrected chi connectivity index (χ4v) is 3.16. The standard InChI is InChI=1S/C13H15Br2FN4/c1-7-13(15)12(20(2)19-7)6-11(18-17)9-5-8(16)3-4-10(9)14/h3-5,11,18H,6,17H2,1-2H3. The fraction of sp³-hybridized carbons (Fsp3) is 0.308. The first-order valence-electron chi connectivity index (χ1n) is 6.03. The van der Waals surface area contributed by atoms with Crippen molar-refractivity contribution in [3.8, 4) is 0 Å². The van der Waals surface area contributed by atoms with Gasteiger partial charge in [0.1, 0.15) is 5.82 Å². The van der Waals surface area contributed by atoms with Gasteiger partial charge in [-0.1, -0.05) is 15.9 Å². The first-order chi connectivity index (χ1) is 9.43. The second-order valence-corrected chi connectivity index (χ2v) is 6.21. The molecule has 1 heterocycles. The molecule has 1 aromatic heterocycles. The first-order valence-corrected chi connectivity index (χ1v) is 7.61. The molecule has 2 aromatic rings. The number of hydrazine groups is 1. The zero-order valence-corrected chi connectivity index (χ0v) is 14.3. The Hall–Kier alpha value is -0.760. The molecule has 0 aliphatic heterocycles. The highest BCUT2D eigenvalue weighted by Crippen LogP contribution is 2.29. The molecule has 1 unspecified atom stereocenters. The van der Waals surface area contributed by atoms with Crippen LogP contribution < -0.4 is 11.3 Å². The summed E-state index contributed by atoms with van der Waals surface area (Å²) >= 11 is 6.96. The minimum absolute atomic E-state index is 0.217. The van der Waals surface area contributed by atoms with E-state index in [1.807, 2.05) is 14.0 Å². The molecule has 1 aromatic carbocycles. The Balaban J connectivity index is 2.36. The average Bonchev–Trinajstić information content (AvgIpc) is 2.65. The van der Waals surface area contributed by atoms with E-state index in [9.17, 15) is 4.39 Å². The quantitative estimate of drug-likeness (QED) is 0.606. The maximum absolute atomic E-state index is 13.4. The molecule has 2 rings (SSSR count). The summed E-state index contributed by atoms with van der Waals surface area (Å²) in [5.41, 5.74) is 5.43. The Bertz CT molecular complexity index is 627. The minimum atomic E-state index is -0.288. The summed E-state index contributed by atoms with van der Waals surface area (Å²) in [6.07, 6.45) is 0.594. The van der Waals surface area contributed by atoms with Gasteiger partial charge in [0.25, 0.3) is 0 Å². The lowest BCUT2D eigenvalue weighted by atomic mass is 10.0. The van der Waals surface area contributed by atoms with Gasteiger partial charge >= 0.3 is 0 Å². The minimum Gasteiger partial charge on any atom is -0.271 e. The monoisotopic (exact) mass is 404 g/mol. The van der Waals surface area contributed by atoms with Gasteiger partial charge in [0.15, 0.2) is 0 Å². The Morgan fingerprint density at radius 2 is 2.15 bits per heavy atom. The molecule has 0 saturated carbocycles. The highest BCUT2D eigenvalue weighted by Gasteiger charge is 2.19. The van der Waals surface area contributed by atoms with Crippen molar-refractivity contribution >= 4 is 31.9 Å². The highest BCUT2D eigenvalue weighted by molar-refractivity contribution is 9.10. The lowest BCUT2D eigenvalue weighted by Crippen LogP contribution is -2.30. The van der Waals surface area contributed by atoms with E-state index in [-0.39, 0.29) is 11.9 Å². The molecular weight excluding hydrogens is 391 g/mol. The van der Waals surface area contributed by atoms with Gasteiger partial charge in [-0.2, -0.15) is 5.10 Å². The van der Waals surface area contributed by atoms with Crippen LogP contribution in [0.25, 0.3) is 0 Å². The number of hydrogen-bond donors (Lipinski definition) is 2. The van der Waals surface area contributed by atoms with Gasteiger partial charge in [-0.05, 0) is 46.6 Å². The molecule has 0 bridgehead atoms. The number of hydrogen-bond acceptors (Lipinski definition) is 3. The molecule has 0 amide bonds. The van der Waals surface area contributed by atoms with Crippen molar-refractivity contribution in [2.45, 2.75) is 19.4 Å². The summed E-state index contributed by atoms with van der Waals surface area (Å²) in [6, 6.07) is 4.35. The third-order valence-electron chi connectivity index (χ3n) is 3.19. The van der Waals surface area contributed by atoms with Crippen LogP contribution in [0.1, 0.15) is 23.0 Å². The molecule has 0 fully saturated rings. The number of aromatic nitrogens is 2. The molecule has 0 saturated heterocycles. The van der Waals surface area contributed by atoms with Crippen LogP contribution in [0, 0.1) is 12.7 Å². The molecule has 4 nitrogen and oxygen atoms in total. The van der Waals surface area contributed by atoms with E-state index in [1.165, 1.54) is 12.1 Å². The van der Waals surface area contributed by atoms with E-state index < -0.39 is 0 Å². The van der Waals surface area contributed by atoms with Crippen molar-refractivity contribution < 1.29 is 4.39 Å². The van der Waals surface area contributed by atoms with Crippen molar-refractivity contribution in [2.24, 2.45) is 12.9 Å². The van der Waals surface area contributed by atoms with Crippen molar-refractivity contribution in [1.82, 2.24) is 15.2 Å². The largest absolute Gasteiger partial charge is 0.271 e. The Morgan fingerprint density at radius 1 is 1.45 bits per heavy atom. The van der Waals surface area contributed by atoms with Gasteiger partial charge in [0.05, 0.1) is 21.9 Å². The van der Waals surface area contributed by atoms with E-state index in [1.54, 1.807) is 10.7 Å². The van der Waals surface area contributed by atoms with Crippen LogP contribution in [0.15, 0.2) is 27.1 Å². The summed E-state index contributed by atoms with van der Waals surface area (Å²) in [5, 5.41) is 4.35. The SMILES string of the molecule is Cc1nn(C)c(CC(NN)c2cc(F)ccc2Br)c1Br. The average molecular weight is 406 g/mol. The molecule has 0 spiro atoms. The van der Waals surface area contributed by atoms with Gasteiger partial charge in [0.2, 0.25) is 0 Å². The molecule has 1 atom stereocenters. The van der Waals surface area contributed by atoms with Crippen LogP contribution in [0.3, 0.4) is 0 Å². The topological polar surface area (TPSA) is 55.9 Å². The summed E-state index contributed by atoms with van der Waals surface area (Å²) < 4.78 is 17.0. The first kappa shape index (κ1) is 15.6. The molecule has 7 heteroatoms. The van der Waals surface area contributed by atoms with Crippen LogP contribution in [-0.2, 0) is 13.5 Å². The molecular formula is C13H15Br2FN4. The fourth-order valence-electron chi connectivity index (χ4n) is 2.14. The van der Waals surface area contributed by atoms with Crippen LogP contribution >= 0.6 is 31.9 Å². The predicted molar refractivity (Wildman–Crippen MR) is 83.5 cm³/mol. The number of nitrogens with zero attached hydrogens (tertiary/aromatic N) is 2. The summed E-state index contributed by atoms with van der Waals surface area (Å²) in [6.45, 7) is 1.93. The normalized spacial score (nSPS) is 12.7. The third kappa shape index (κ3) is 3.11. The highest BCUT2D eigenvalue weighted by atomic mass is 79.9. The Kier molecular flexibility index (Phi) is 4.95. The van der Waals surface area contributed by atoms with Crippen LogP contribution in [0.5, 0.6) is 0 Å². The Labute approximate surface area is 133 Å². The third-order valence-corrected chi connectivity index (χ3v) is 4.95. The van der Waals surface area contributed by atoms with Gasteiger partial charge in [-0.25, -0.2) is 4.39 Å². The van der Waals surface area contributed by atoms with Gasteiger partial charge < -0.3 is 0 Å². The van der Waals surface area contributed by atoms with Crippen molar-refractivity contribution in [3.05, 3.63) is 49.9 Å². The van der Waals surface area contributed by atoms with Gasteiger partial charge in [0, 0.05) is 17.9 Å². The van der Waals surface area contributed by atoms with Crippen LogP contribution in [0.2, 0.25) is 0 Å². The van der Waals surface area contributed by atoms with Crippen LogP contribution in [0.4, 0.5) is 4.39 Å². The zero-order chi connectivity index (χ0) is 14.9. The van der Waals surface area contributed by atoms with E-state index >= 15 is 0 Å². The van der Waals surface area contributed by atoms with Crippen molar-refractivity contribution in [3.63, 3.8) is 0 Å².